The van der Waals surface area contributed by atoms with Crippen molar-refractivity contribution in [3.8, 4) is 5.00 Å². The molecule has 0 bridgehead atoms. The first-order valence-corrected chi connectivity index (χ1v) is 10.4. The highest BCUT2D eigenvalue weighted by Gasteiger charge is 2.31. The second-order valence-corrected chi connectivity index (χ2v) is 8.78. The number of halogens is 1. The van der Waals surface area contributed by atoms with Crippen LogP contribution in [0.2, 0.25) is 5.02 Å². The number of hydrogen-bond donors (Lipinski definition) is 0. The number of carbonyl (C=O) groups is 1. The van der Waals surface area contributed by atoms with Gasteiger partial charge in [-0.1, -0.05) is 23.7 Å². The Morgan fingerprint density at radius 3 is 2.57 bits per heavy atom. The molecule has 0 saturated heterocycles. The van der Waals surface area contributed by atoms with Crippen molar-refractivity contribution in [2.75, 3.05) is 0 Å². The Hall–Kier alpha value is -2.31. The van der Waals surface area contributed by atoms with Crippen LogP contribution >= 0.6 is 22.9 Å². The van der Waals surface area contributed by atoms with Gasteiger partial charge in [0.2, 0.25) is 0 Å². The van der Waals surface area contributed by atoms with Crippen molar-refractivity contribution >= 4 is 34.4 Å². The summed E-state index contributed by atoms with van der Waals surface area (Å²) in [4.78, 5) is 18.0. The number of ketones is 1. The van der Waals surface area contributed by atoms with Crippen LogP contribution in [0.1, 0.15) is 59.0 Å². The third kappa shape index (κ3) is 3.20. The maximum absolute atomic E-state index is 11.6. The Labute approximate surface area is 173 Å². The molecule has 0 amide bonds. The van der Waals surface area contributed by atoms with Crippen LogP contribution in [0.25, 0.3) is 5.00 Å². The lowest BCUT2D eigenvalue weighted by atomic mass is 9.99. The van der Waals surface area contributed by atoms with Crippen LogP contribution in [-0.2, 0) is 4.79 Å². The lowest BCUT2D eigenvalue weighted by Crippen LogP contribution is -2.08. The molecule has 1 aliphatic heterocycles. The van der Waals surface area contributed by atoms with Crippen molar-refractivity contribution in [3.63, 3.8) is 0 Å². The van der Waals surface area contributed by atoms with Crippen LogP contribution in [0.4, 0.5) is 0 Å². The highest BCUT2D eigenvalue weighted by Crippen LogP contribution is 2.39. The first-order chi connectivity index (χ1) is 13.4. The normalized spacial score (nSPS) is 15.6. The van der Waals surface area contributed by atoms with Gasteiger partial charge in [0.1, 0.15) is 22.7 Å². The monoisotopic (exact) mass is 412 g/mol. The van der Waals surface area contributed by atoms with E-state index in [1.165, 1.54) is 10.4 Å². The molecule has 7 heteroatoms. The van der Waals surface area contributed by atoms with E-state index in [9.17, 15) is 4.79 Å². The van der Waals surface area contributed by atoms with E-state index >= 15 is 0 Å². The minimum Gasteiger partial charge on any atom is -0.300 e. The third-order valence-electron chi connectivity index (χ3n) is 5.13. The molecule has 2 aromatic heterocycles. The van der Waals surface area contributed by atoms with Gasteiger partial charge in [-0.05, 0) is 51.8 Å². The first-order valence-electron chi connectivity index (χ1n) is 9.22. The lowest BCUT2D eigenvalue weighted by Gasteiger charge is -2.12. The summed E-state index contributed by atoms with van der Waals surface area (Å²) < 4.78 is 2.11. The van der Waals surface area contributed by atoms with Crippen LogP contribution in [0.5, 0.6) is 0 Å². The van der Waals surface area contributed by atoms with Gasteiger partial charge in [-0.15, -0.1) is 21.5 Å². The molecular weight excluding hydrogens is 392 g/mol. The van der Waals surface area contributed by atoms with Gasteiger partial charge in [0.05, 0.1) is 5.71 Å². The van der Waals surface area contributed by atoms with Gasteiger partial charge in [0, 0.05) is 27.4 Å². The Kier molecular flexibility index (Phi) is 4.93. The highest BCUT2D eigenvalue weighted by molar-refractivity contribution is 7.15. The Morgan fingerprint density at radius 1 is 1.18 bits per heavy atom. The summed E-state index contributed by atoms with van der Waals surface area (Å²) >= 11 is 7.84. The number of hydrogen-bond acceptors (Lipinski definition) is 5. The van der Waals surface area contributed by atoms with Gasteiger partial charge in [-0.3, -0.25) is 9.56 Å². The highest BCUT2D eigenvalue weighted by atomic mass is 35.5. The maximum Gasteiger partial charge on any atom is 0.163 e. The van der Waals surface area contributed by atoms with Crippen molar-refractivity contribution in [2.45, 2.75) is 46.6 Å². The topological polar surface area (TPSA) is 60.1 Å². The average molecular weight is 413 g/mol. The zero-order chi connectivity index (χ0) is 20.0. The van der Waals surface area contributed by atoms with Gasteiger partial charge in [-0.25, -0.2) is 0 Å². The summed E-state index contributed by atoms with van der Waals surface area (Å²) in [6.45, 7) is 7.83. The molecule has 1 aromatic carbocycles. The average Bonchev–Trinajstić information content (AvgIpc) is 3.12. The molecule has 144 valence electrons. The molecule has 5 nitrogen and oxygen atoms in total. The third-order valence-corrected chi connectivity index (χ3v) is 6.57. The second kappa shape index (κ2) is 7.26. The number of thiophene rings is 1. The van der Waals surface area contributed by atoms with Crippen molar-refractivity contribution < 1.29 is 4.79 Å². The summed E-state index contributed by atoms with van der Waals surface area (Å²) in [5.41, 5.74) is 4.25. The minimum atomic E-state index is -0.227. The molecule has 3 aromatic rings. The predicted octanol–water partition coefficient (Wildman–Crippen LogP) is 5.17. The fourth-order valence-electron chi connectivity index (χ4n) is 3.53. The number of aromatic nitrogens is 3. The van der Waals surface area contributed by atoms with E-state index in [0.29, 0.717) is 17.9 Å². The molecule has 0 fully saturated rings. The summed E-state index contributed by atoms with van der Waals surface area (Å²) in [6.07, 6.45) is 1.07. The van der Waals surface area contributed by atoms with Crippen molar-refractivity contribution in [3.05, 3.63) is 62.5 Å². The van der Waals surface area contributed by atoms with E-state index in [0.717, 1.165) is 33.5 Å². The summed E-state index contributed by atoms with van der Waals surface area (Å²) in [5, 5.41) is 10.5. The van der Waals surface area contributed by atoms with Gasteiger partial charge in [0.15, 0.2) is 5.82 Å². The number of aryl methyl sites for hydroxylation is 2. The number of Topliss-reactive ketones (excluding diaryl/α,β-unsaturated/α-hetero) is 1. The van der Waals surface area contributed by atoms with E-state index < -0.39 is 0 Å². The molecule has 0 unspecified atom stereocenters. The molecule has 0 N–H and O–H groups in total. The SMILES string of the molecule is CC(=O)CC[C@@H]1N=C(c2ccc(Cl)cc2)c2c(sc(C)c2C)-n2c(C)nnc21. The van der Waals surface area contributed by atoms with Crippen LogP contribution in [0, 0.1) is 20.8 Å². The minimum absolute atomic E-state index is 0.150. The molecular formula is C21H21ClN4OS. The molecule has 1 aliphatic rings. The van der Waals surface area contributed by atoms with E-state index in [1.807, 2.05) is 31.2 Å². The second-order valence-electron chi connectivity index (χ2n) is 7.15. The first kappa shape index (κ1) is 19.0. The molecule has 4 rings (SSSR count). The van der Waals surface area contributed by atoms with Crippen molar-refractivity contribution in [1.82, 2.24) is 14.8 Å². The van der Waals surface area contributed by atoms with Crippen LogP contribution in [-0.4, -0.2) is 26.3 Å². The molecule has 0 radical (unpaired) electrons. The van der Waals surface area contributed by atoms with Gasteiger partial charge >= 0.3 is 0 Å². The van der Waals surface area contributed by atoms with Crippen molar-refractivity contribution in [2.24, 2.45) is 4.99 Å². The Bertz CT molecular complexity index is 1090. The van der Waals surface area contributed by atoms with Crippen LogP contribution in [0.15, 0.2) is 29.3 Å². The molecule has 3 heterocycles. The lowest BCUT2D eigenvalue weighted by molar-refractivity contribution is -0.117. The number of carbonyl (C=O) groups excluding carboxylic acids is 1. The molecule has 0 aliphatic carbocycles. The van der Waals surface area contributed by atoms with Gasteiger partial charge < -0.3 is 4.79 Å². The van der Waals surface area contributed by atoms with E-state index in [1.54, 1.807) is 18.3 Å². The molecule has 0 saturated carbocycles. The number of aliphatic imine (C=N–C) groups is 1. The van der Waals surface area contributed by atoms with E-state index in [2.05, 4.69) is 28.6 Å². The van der Waals surface area contributed by atoms with Gasteiger partial charge in [0.25, 0.3) is 0 Å². The molecule has 1 atom stereocenters. The molecule has 28 heavy (non-hydrogen) atoms. The molecule has 0 spiro atoms. The predicted molar refractivity (Wildman–Crippen MR) is 113 cm³/mol. The zero-order valence-corrected chi connectivity index (χ0v) is 17.9. The van der Waals surface area contributed by atoms with Gasteiger partial charge in [-0.2, -0.15) is 0 Å². The van der Waals surface area contributed by atoms with Crippen molar-refractivity contribution in [1.29, 1.82) is 0 Å². The number of nitrogens with zero attached hydrogens (tertiary/aromatic N) is 4. The Balaban J connectivity index is 1.98. The van der Waals surface area contributed by atoms with E-state index in [4.69, 9.17) is 16.6 Å². The number of fused-ring (bicyclic) bond motifs is 3. The number of benzene rings is 1. The van der Waals surface area contributed by atoms with E-state index in [-0.39, 0.29) is 11.8 Å². The standard InChI is InChI=1S/C21H21ClN4OS/c1-11(27)5-10-17-20-25-24-14(4)26(20)21-18(12(2)13(3)28-21)19(23-17)15-6-8-16(22)9-7-15/h6-9,17H,5,10H2,1-4H3/t17-/m0/s1. The zero-order valence-electron chi connectivity index (χ0n) is 16.3. The maximum atomic E-state index is 11.6. The largest absolute Gasteiger partial charge is 0.300 e. The smallest absolute Gasteiger partial charge is 0.163 e. The summed E-state index contributed by atoms with van der Waals surface area (Å²) in [5.74, 6) is 1.78. The Morgan fingerprint density at radius 2 is 1.89 bits per heavy atom. The fourth-order valence-corrected chi connectivity index (χ4v) is 4.87. The van der Waals surface area contributed by atoms with Crippen LogP contribution in [0.3, 0.4) is 0 Å². The number of rotatable bonds is 4. The summed E-state index contributed by atoms with van der Waals surface area (Å²) in [7, 11) is 0. The fraction of sp³-hybridized carbons (Fsp3) is 0.333. The quantitative estimate of drug-likeness (QED) is 0.594. The van der Waals surface area contributed by atoms with Crippen LogP contribution < -0.4 is 0 Å². The summed E-state index contributed by atoms with van der Waals surface area (Å²) in [6, 6.07) is 7.54.